The first-order valence-corrected chi connectivity index (χ1v) is 11.2. The maximum atomic E-state index is 12.1. The number of esters is 1. The first-order valence-electron chi connectivity index (χ1n) is 9.54. The van der Waals surface area contributed by atoms with Gasteiger partial charge in [0.2, 0.25) is 21.8 Å². The van der Waals surface area contributed by atoms with Gasteiger partial charge < -0.3 is 14.9 Å². The molecule has 0 aliphatic rings. The molecule has 0 aliphatic heterocycles. The van der Waals surface area contributed by atoms with Crippen molar-refractivity contribution in [3.8, 4) is 11.5 Å². The van der Waals surface area contributed by atoms with Crippen LogP contribution in [0.1, 0.15) is 35.7 Å². The molecule has 1 atom stereocenters. The fourth-order valence-corrected chi connectivity index (χ4v) is 3.58. The van der Waals surface area contributed by atoms with E-state index in [1.165, 1.54) is 32.2 Å². The van der Waals surface area contributed by atoms with E-state index in [0.717, 1.165) is 5.56 Å². The van der Waals surface area contributed by atoms with E-state index in [1.54, 1.807) is 6.92 Å². The average molecular weight is 445 g/mol. The van der Waals surface area contributed by atoms with Gasteiger partial charge in [0.05, 0.1) is 29.7 Å². The third-order valence-electron chi connectivity index (χ3n) is 4.58. The van der Waals surface area contributed by atoms with Crippen molar-refractivity contribution in [3.05, 3.63) is 65.5 Å². The summed E-state index contributed by atoms with van der Waals surface area (Å²) < 4.78 is 37.0. The van der Waals surface area contributed by atoms with E-state index in [9.17, 15) is 13.2 Å². The molecule has 1 heterocycles. The Morgan fingerprint density at radius 2 is 1.90 bits per heavy atom. The molecule has 0 saturated carbocycles. The smallest absolute Gasteiger partial charge is 0.337 e. The van der Waals surface area contributed by atoms with Crippen LogP contribution in [0.2, 0.25) is 0 Å². The van der Waals surface area contributed by atoms with Crippen LogP contribution in [0.5, 0.6) is 0 Å². The van der Waals surface area contributed by atoms with Crippen molar-refractivity contribution >= 4 is 21.7 Å². The number of methoxy groups -OCH3 is 1. The molecule has 3 aromatic rings. The zero-order valence-electron chi connectivity index (χ0n) is 17.5. The van der Waals surface area contributed by atoms with Crippen molar-refractivity contribution in [2.45, 2.75) is 25.8 Å². The van der Waals surface area contributed by atoms with Crippen LogP contribution in [0.4, 0.5) is 5.69 Å². The minimum Gasteiger partial charge on any atom is -0.465 e. The second-order valence-electron chi connectivity index (χ2n) is 7.29. The maximum Gasteiger partial charge on any atom is 0.337 e. The molecule has 0 unspecified atom stereocenters. The van der Waals surface area contributed by atoms with Crippen molar-refractivity contribution in [2.24, 2.45) is 5.73 Å². The monoisotopic (exact) mass is 444 g/mol. The van der Waals surface area contributed by atoms with Crippen LogP contribution < -0.4 is 10.5 Å². The highest BCUT2D eigenvalue weighted by Crippen LogP contribution is 2.28. The van der Waals surface area contributed by atoms with E-state index in [1.807, 2.05) is 30.3 Å². The summed E-state index contributed by atoms with van der Waals surface area (Å²) in [6.45, 7) is 3.29. The standard InChI is InChI=1S/C21H24N4O5S/c1-4-31(27,28)25-17-11-15(10-16(12-17)19(26)29-3)18-23-24-20(30-18)21(2,22)13-14-8-6-5-7-9-14/h5-12,25H,4,13,22H2,1-3H3/t21-/m1/s1. The lowest BCUT2D eigenvalue weighted by Crippen LogP contribution is -2.35. The molecule has 9 nitrogen and oxygen atoms in total. The van der Waals surface area contributed by atoms with E-state index < -0.39 is 21.5 Å². The van der Waals surface area contributed by atoms with Gasteiger partial charge in [-0.05, 0) is 44.0 Å². The lowest BCUT2D eigenvalue weighted by atomic mass is 9.94. The van der Waals surface area contributed by atoms with Crippen molar-refractivity contribution in [2.75, 3.05) is 17.6 Å². The Hall–Kier alpha value is -3.24. The van der Waals surface area contributed by atoms with Crippen LogP contribution in [-0.4, -0.2) is 37.4 Å². The number of rotatable bonds is 8. The summed E-state index contributed by atoms with van der Waals surface area (Å²) in [6.07, 6.45) is 0.471. The molecule has 31 heavy (non-hydrogen) atoms. The predicted molar refractivity (Wildman–Crippen MR) is 116 cm³/mol. The van der Waals surface area contributed by atoms with Crippen molar-refractivity contribution < 1.29 is 22.4 Å². The third kappa shape index (κ3) is 5.47. The highest BCUT2D eigenvalue weighted by atomic mass is 32.2. The molecule has 0 spiro atoms. The van der Waals surface area contributed by atoms with Crippen LogP contribution in [0.25, 0.3) is 11.5 Å². The molecular weight excluding hydrogens is 420 g/mol. The van der Waals surface area contributed by atoms with Gasteiger partial charge in [0.15, 0.2) is 0 Å². The van der Waals surface area contributed by atoms with Crippen LogP contribution in [0, 0.1) is 0 Å². The third-order valence-corrected chi connectivity index (χ3v) is 5.89. The molecule has 0 fully saturated rings. The molecule has 0 bridgehead atoms. The number of hydrogen-bond acceptors (Lipinski definition) is 8. The number of ether oxygens (including phenoxy) is 1. The molecule has 3 rings (SSSR count). The number of nitrogens with zero attached hydrogens (tertiary/aromatic N) is 2. The summed E-state index contributed by atoms with van der Waals surface area (Å²) in [7, 11) is -2.33. The molecular formula is C21H24N4O5S. The summed E-state index contributed by atoms with van der Waals surface area (Å²) in [5.74, 6) is -0.445. The molecule has 10 heteroatoms. The summed E-state index contributed by atoms with van der Waals surface area (Å²) in [5.41, 5.74) is 7.17. The van der Waals surface area contributed by atoms with Crippen LogP contribution in [-0.2, 0) is 26.7 Å². The van der Waals surface area contributed by atoms with E-state index in [4.69, 9.17) is 14.9 Å². The predicted octanol–water partition coefficient (Wildman–Crippen LogP) is 2.70. The summed E-state index contributed by atoms with van der Waals surface area (Å²) in [5, 5.41) is 8.13. The van der Waals surface area contributed by atoms with Gasteiger partial charge >= 0.3 is 5.97 Å². The molecule has 0 saturated heterocycles. The quantitative estimate of drug-likeness (QED) is 0.506. The van der Waals surface area contributed by atoms with Crippen LogP contribution in [0.3, 0.4) is 0 Å². The van der Waals surface area contributed by atoms with Gasteiger partial charge in [0.25, 0.3) is 0 Å². The largest absolute Gasteiger partial charge is 0.465 e. The molecule has 0 aliphatic carbocycles. The van der Waals surface area contributed by atoms with E-state index >= 15 is 0 Å². The van der Waals surface area contributed by atoms with Gasteiger partial charge in [-0.15, -0.1) is 10.2 Å². The van der Waals surface area contributed by atoms with Gasteiger partial charge in [-0.3, -0.25) is 4.72 Å². The maximum absolute atomic E-state index is 12.1. The SMILES string of the molecule is CCS(=O)(=O)Nc1cc(C(=O)OC)cc(-c2nnc([C@](C)(N)Cc3ccccc3)o2)c1. The lowest BCUT2D eigenvalue weighted by Gasteiger charge is -2.20. The number of hydrogen-bond donors (Lipinski definition) is 2. The Kier molecular flexibility index (Phi) is 6.42. The molecule has 2 aromatic carbocycles. The summed E-state index contributed by atoms with van der Waals surface area (Å²) >= 11 is 0. The van der Waals surface area contributed by atoms with Gasteiger partial charge in [-0.25, -0.2) is 13.2 Å². The fourth-order valence-electron chi connectivity index (χ4n) is 2.96. The Morgan fingerprint density at radius 1 is 1.19 bits per heavy atom. The molecule has 3 N–H and O–H groups in total. The number of aromatic nitrogens is 2. The zero-order valence-corrected chi connectivity index (χ0v) is 18.3. The Balaban J connectivity index is 1.97. The number of anilines is 1. The molecule has 0 amide bonds. The number of carbonyl (C=O) groups is 1. The average Bonchev–Trinajstić information content (AvgIpc) is 3.24. The molecule has 1 aromatic heterocycles. The topological polar surface area (TPSA) is 137 Å². The van der Waals surface area contributed by atoms with E-state index in [0.29, 0.717) is 12.0 Å². The second kappa shape index (κ2) is 8.86. The number of benzene rings is 2. The number of nitrogens with one attached hydrogen (secondary N) is 1. The first-order chi connectivity index (χ1) is 14.6. The van der Waals surface area contributed by atoms with Crippen LogP contribution in [0.15, 0.2) is 52.9 Å². The van der Waals surface area contributed by atoms with Gasteiger partial charge in [0.1, 0.15) is 0 Å². The van der Waals surface area contributed by atoms with Crippen molar-refractivity contribution in [3.63, 3.8) is 0 Å². The Bertz CT molecular complexity index is 1170. The van der Waals surface area contributed by atoms with E-state index in [2.05, 4.69) is 14.9 Å². The first kappa shape index (κ1) is 22.4. The summed E-state index contributed by atoms with van der Waals surface area (Å²) in [4.78, 5) is 12.1. The summed E-state index contributed by atoms with van der Waals surface area (Å²) in [6, 6.07) is 14.0. The highest BCUT2D eigenvalue weighted by molar-refractivity contribution is 7.92. The van der Waals surface area contributed by atoms with Crippen LogP contribution >= 0.6 is 0 Å². The van der Waals surface area contributed by atoms with Gasteiger partial charge in [0, 0.05) is 5.56 Å². The zero-order chi connectivity index (χ0) is 22.6. The van der Waals surface area contributed by atoms with Gasteiger partial charge in [-0.2, -0.15) is 0 Å². The number of sulfonamides is 1. The van der Waals surface area contributed by atoms with Crippen molar-refractivity contribution in [1.82, 2.24) is 10.2 Å². The number of nitrogens with two attached hydrogens (primary N) is 1. The molecule has 164 valence electrons. The van der Waals surface area contributed by atoms with Gasteiger partial charge in [-0.1, -0.05) is 30.3 Å². The molecule has 0 radical (unpaired) electrons. The minimum atomic E-state index is -3.56. The lowest BCUT2D eigenvalue weighted by molar-refractivity contribution is 0.0601. The Morgan fingerprint density at radius 3 is 2.55 bits per heavy atom. The highest BCUT2D eigenvalue weighted by Gasteiger charge is 2.29. The number of carbonyl (C=O) groups excluding carboxylic acids is 1. The Labute approximate surface area is 180 Å². The van der Waals surface area contributed by atoms with Crippen molar-refractivity contribution in [1.29, 1.82) is 0 Å². The minimum absolute atomic E-state index is 0.0995. The van der Waals surface area contributed by atoms with E-state index in [-0.39, 0.29) is 28.8 Å². The second-order valence-corrected chi connectivity index (χ2v) is 9.30. The normalized spacial score (nSPS) is 13.4. The fraction of sp³-hybridized carbons (Fsp3) is 0.286.